The molecule has 2 unspecified atom stereocenters. The van der Waals surface area contributed by atoms with Crippen LogP contribution in [-0.4, -0.2) is 24.0 Å². The fraction of sp³-hybridized carbons (Fsp3) is 0.200. The lowest BCUT2D eigenvalue weighted by Crippen LogP contribution is -2.29. The van der Waals surface area contributed by atoms with Gasteiger partial charge in [-0.3, -0.25) is 4.79 Å². The highest BCUT2D eigenvalue weighted by atomic mass is 19.1. The van der Waals surface area contributed by atoms with E-state index >= 15 is 4.39 Å². The quantitative estimate of drug-likeness (QED) is 0.608. The number of amides is 1. The molecule has 2 N–H and O–H groups in total. The van der Waals surface area contributed by atoms with Gasteiger partial charge in [0.05, 0.1) is 5.56 Å². The number of nitrogens with one attached hydrogen (secondary N) is 1. The van der Waals surface area contributed by atoms with Crippen LogP contribution in [0, 0.1) is 25.5 Å². The number of aryl methyl sites for hydroxylation is 2. The molecule has 2 atom stereocenters. The van der Waals surface area contributed by atoms with Gasteiger partial charge < -0.3 is 15.2 Å². The number of carboxylic acids is 1. The Kier molecular flexibility index (Phi) is 5.42. The van der Waals surface area contributed by atoms with E-state index < -0.39 is 35.5 Å². The maximum Gasteiger partial charge on any atom is 0.335 e. The molecule has 4 rings (SSSR count). The van der Waals surface area contributed by atoms with Crippen molar-refractivity contribution in [3.63, 3.8) is 0 Å². The Balaban J connectivity index is 1.88. The lowest BCUT2D eigenvalue weighted by Gasteiger charge is -2.19. The molecule has 32 heavy (non-hydrogen) atoms. The van der Waals surface area contributed by atoms with E-state index in [-0.39, 0.29) is 22.4 Å². The van der Waals surface area contributed by atoms with Crippen molar-refractivity contribution >= 4 is 11.9 Å². The number of carbonyl (C=O) groups is 2. The molecule has 0 saturated heterocycles. The Morgan fingerprint density at radius 3 is 2.28 bits per heavy atom. The minimum atomic E-state index is -1.10. The van der Waals surface area contributed by atoms with Gasteiger partial charge in [0, 0.05) is 18.2 Å². The van der Waals surface area contributed by atoms with E-state index in [4.69, 9.17) is 4.74 Å². The van der Waals surface area contributed by atoms with Crippen LogP contribution in [0.1, 0.15) is 44.6 Å². The summed E-state index contributed by atoms with van der Waals surface area (Å²) in [4.78, 5) is 24.4. The second-order valence-corrected chi connectivity index (χ2v) is 7.81. The van der Waals surface area contributed by atoms with Gasteiger partial charge in [-0.2, -0.15) is 0 Å². The van der Waals surface area contributed by atoms with Gasteiger partial charge in [0.2, 0.25) is 5.91 Å². The Labute approximate surface area is 183 Å². The standard InChI is InChI=1S/C25H21F2NO4/c1-12-10-13(2)18(25(30)31)11-17(12)16-8-9-19-20(22(16)27)21(24(29)28-3)23(32-19)14-4-6-15(26)7-5-14/h4-11,21,23H,1-3H3,(H,28,29)(H,30,31). The number of hydrogen-bond acceptors (Lipinski definition) is 3. The minimum Gasteiger partial charge on any atom is -0.484 e. The van der Waals surface area contributed by atoms with Gasteiger partial charge in [-0.25, -0.2) is 13.6 Å². The van der Waals surface area contributed by atoms with Crippen LogP contribution in [-0.2, 0) is 4.79 Å². The molecule has 1 aliphatic heterocycles. The number of fused-ring (bicyclic) bond motifs is 1. The maximum atomic E-state index is 15.9. The summed E-state index contributed by atoms with van der Waals surface area (Å²) in [7, 11) is 1.45. The number of carbonyl (C=O) groups excluding carboxylic acids is 1. The predicted octanol–water partition coefficient (Wildman–Crippen LogP) is 4.91. The van der Waals surface area contributed by atoms with Crippen molar-refractivity contribution in [1.29, 1.82) is 0 Å². The molecule has 5 nitrogen and oxygen atoms in total. The van der Waals surface area contributed by atoms with Crippen LogP contribution in [0.3, 0.4) is 0 Å². The van der Waals surface area contributed by atoms with E-state index in [9.17, 15) is 19.1 Å². The number of hydrogen-bond donors (Lipinski definition) is 2. The average Bonchev–Trinajstić information content (AvgIpc) is 3.15. The molecule has 0 bridgehead atoms. The number of aromatic carboxylic acids is 1. The van der Waals surface area contributed by atoms with E-state index in [1.165, 1.54) is 43.4 Å². The molecule has 1 aliphatic rings. The first-order valence-corrected chi connectivity index (χ1v) is 10.0. The zero-order valence-electron chi connectivity index (χ0n) is 17.7. The van der Waals surface area contributed by atoms with E-state index in [1.807, 2.05) is 0 Å². The highest BCUT2D eigenvalue weighted by Gasteiger charge is 2.43. The van der Waals surface area contributed by atoms with Crippen LogP contribution in [0.5, 0.6) is 5.75 Å². The number of rotatable bonds is 4. The van der Waals surface area contributed by atoms with Crippen molar-refractivity contribution < 1.29 is 28.2 Å². The van der Waals surface area contributed by atoms with Gasteiger partial charge in [0.25, 0.3) is 0 Å². The van der Waals surface area contributed by atoms with Gasteiger partial charge in [-0.05, 0) is 66.4 Å². The number of carboxylic acid groups (broad SMARTS) is 1. The van der Waals surface area contributed by atoms with E-state index in [0.29, 0.717) is 22.3 Å². The van der Waals surface area contributed by atoms with E-state index in [1.54, 1.807) is 26.0 Å². The molecule has 0 saturated carbocycles. The van der Waals surface area contributed by atoms with Crippen LogP contribution in [0.4, 0.5) is 8.78 Å². The third-order valence-electron chi connectivity index (χ3n) is 5.83. The molecule has 1 heterocycles. The zero-order valence-corrected chi connectivity index (χ0v) is 17.7. The first-order valence-electron chi connectivity index (χ1n) is 10.0. The Bertz CT molecular complexity index is 1240. The average molecular weight is 437 g/mol. The third-order valence-corrected chi connectivity index (χ3v) is 5.83. The Hall–Kier alpha value is -3.74. The van der Waals surface area contributed by atoms with Crippen molar-refractivity contribution in [3.05, 3.63) is 88.0 Å². The summed E-state index contributed by atoms with van der Waals surface area (Å²) in [6.45, 7) is 3.46. The molecule has 0 aliphatic carbocycles. The lowest BCUT2D eigenvalue weighted by atomic mass is 9.87. The van der Waals surface area contributed by atoms with Crippen molar-refractivity contribution in [3.8, 4) is 16.9 Å². The second-order valence-electron chi connectivity index (χ2n) is 7.81. The smallest absolute Gasteiger partial charge is 0.335 e. The van der Waals surface area contributed by atoms with Gasteiger partial charge >= 0.3 is 5.97 Å². The predicted molar refractivity (Wildman–Crippen MR) is 115 cm³/mol. The fourth-order valence-electron chi connectivity index (χ4n) is 4.24. The highest BCUT2D eigenvalue weighted by Crippen LogP contribution is 2.49. The first-order chi connectivity index (χ1) is 15.2. The van der Waals surface area contributed by atoms with Crippen molar-refractivity contribution in [2.24, 2.45) is 0 Å². The first kappa shape index (κ1) is 21.5. The number of benzene rings is 3. The molecule has 164 valence electrons. The number of likely N-dealkylation sites (N-methyl/N-ethyl adjacent to an activating group) is 1. The summed E-state index contributed by atoms with van der Waals surface area (Å²) in [6, 6.07) is 11.8. The van der Waals surface area contributed by atoms with Crippen molar-refractivity contribution in [2.45, 2.75) is 25.9 Å². The SMILES string of the molecule is CNC(=O)C1c2c(ccc(-c3cc(C(=O)O)c(C)cc3C)c2F)OC1c1ccc(F)cc1. The van der Waals surface area contributed by atoms with Gasteiger partial charge in [0.1, 0.15) is 29.4 Å². The Morgan fingerprint density at radius 2 is 1.66 bits per heavy atom. The number of ether oxygens (including phenoxy) is 1. The fourth-order valence-corrected chi connectivity index (χ4v) is 4.24. The molecule has 1 amide bonds. The van der Waals surface area contributed by atoms with Crippen molar-refractivity contribution in [1.82, 2.24) is 5.32 Å². The second kappa shape index (κ2) is 8.07. The molecule has 0 aromatic heterocycles. The molecule has 0 radical (unpaired) electrons. The molecular formula is C25H21F2NO4. The summed E-state index contributed by atoms with van der Waals surface area (Å²) < 4.78 is 35.2. The molecule has 3 aromatic carbocycles. The van der Waals surface area contributed by atoms with Crippen LogP contribution < -0.4 is 10.1 Å². The molecule has 0 spiro atoms. The van der Waals surface area contributed by atoms with Crippen LogP contribution >= 0.6 is 0 Å². The zero-order chi connectivity index (χ0) is 23.2. The van der Waals surface area contributed by atoms with Crippen molar-refractivity contribution in [2.75, 3.05) is 7.05 Å². The van der Waals surface area contributed by atoms with Gasteiger partial charge in [0.15, 0.2) is 0 Å². The third kappa shape index (κ3) is 3.49. The molecule has 7 heteroatoms. The largest absolute Gasteiger partial charge is 0.484 e. The van der Waals surface area contributed by atoms with Gasteiger partial charge in [-0.15, -0.1) is 0 Å². The van der Waals surface area contributed by atoms with E-state index in [2.05, 4.69) is 5.32 Å². The van der Waals surface area contributed by atoms with Gasteiger partial charge in [-0.1, -0.05) is 18.2 Å². The lowest BCUT2D eigenvalue weighted by molar-refractivity contribution is -0.123. The normalized spacial score (nSPS) is 16.9. The summed E-state index contributed by atoms with van der Waals surface area (Å²) in [6.07, 6.45) is -0.830. The van der Waals surface area contributed by atoms with E-state index in [0.717, 1.165) is 0 Å². The van der Waals surface area contributed by atoms with Crippen LogP contribution in [0.2, 0.25) is 0 Å². The monoisotopic (exact) mass is 437 g/mol. The summed E-state index contributed by atoms with van der Waals surface area (Å²) in [5.41, 5.74) is 2.59. The maximum absolute atomic E-state index is 15.9. The number of halogens is 2. The Morgan fingerprint density at radius 1 is 0.969 bits per heavy atom. The summed E-state index contributed by atoms with van der Waals surface area (Å²) >= 11 is 0. The molecule has 0 fully saturated rings. The van der Waals surface area contributed by atoms with Crippen LogP contribution in [0.25, 0.3) is 11.1 Å². The van der Waals surface area contributed by atoms with Crippen LogP contribution in [0.15, 0.2) is 48.5 Å². The highest BCUT2D eigenvalue weighted by molar-refractivity contribution is 5.92. The minimum absolute atomic E-state index is 0.0776. The topological polar surface area (TPSA) is 75.6 Å². The summed E-state index contributed by atoms with van der Waals surface area (Å²) in [5.74, 6) is -3.40. The summed E-state index contributed by atoms with van der Waals surface area (Å²) in [5, 5.41) is 12.0. The molecular weight excluding hydrogens is 416 g/mol. The molecule has 3 aromatic rings.